The summed E-state index contributed by atoms with van der Waals surface area (Å²) in [4.78, 5) is 8.47. The lowest BCUT2D eigenvalue weighted by molar-refractivity contribution is 0.395. The standard InChI is InChI=1S/C19H19ClN4O3/c1-25-13-5-6-15(17(9-13)27-3)24-19-10-18(21-11-22-19)23-12-4-7-16(26-2)14(20)8-12/h4-11H,1-3H3,(H2,21,22,23,24). The number of ether oxygens (including phenoxy) is 3. The molecule has 0 saturated heterocycles. The van der Waals surface area contributed by atoms with Gasteiger partial charge in [0.1, 0.15) is 35.2 Å². The molecule has 3 aromatic rings. The number of hydrogen-bond donors (Lipinski definition) is 2. The fraction of sp³-hybridized carbons (Fsp3) is 0.158. The van der Waals surface area contributed by atoms with E-state index >= 15 is 0 Å². The second-order valence-corrected chi connectivity index (χ2v) is 5.86. The molecule has 2 aromatic carbocycles. The van der Waals surface area contributed by atoms with E-state index in [1.807, 2.05) is 18.2 Å². The number of nitrogens with one attached hydrogen (secondary N) is 2. The number of hydrogen-bond acceptors (Lipinski definition) is 7. The van der Waals surface area contributed by atoms with Crippen LogP contribution in [0.1, 0.15) is 0 Å². The van der Waals surface area contributed by atoms with Gasteiger partial charge in [0.05, 0.1) is 32.0 Å². The van der Waals surface area contributed by atoms with Gasteiger partial charge in [-0.3, -0.25) is 0 Å². The van der Waals surface area contributed by atoms with Crippen molar-refractivity contribution in [1.29, 1.82) is 0 Å². The largest absolute Gasteiger partial charge is 0.497 e. The fourth-order valence-electron chi connectivity index (χ4n) is 2.43. The molecule has 0 aliphatic carbocycles. The summed E-state index contributed by atoms with van der Waals surface area (Å²) in [5, 5.41) is 6.91. The van der Waals surface area contributed by atoms with Crippen LogP contribution in [-0.2, 0) is 0 Å². The maximum atomic E-state index is 6.16. The van der Waals surface area contributed by atoms with Crippen LogP contribution >= 0.6 is 11.6 Å². The molecule has 0 spiro atoms. The average molecular weight is 387 g/mol. The molecule has 27 heavy (non-hydrogen) atoms. The summed E-state index contributed by atoms with van der Waals surface area (Å²) >= 11 is 6.16. The van der Waals surface area contributed by atoms with Gasteiger partial charge in [-0.15, -0.1) is 0 Å². The first-order valence-corrected chi connectivity index (χ1v) is 8.42. The van der Waals surface area contributed by atoms with Crippen LogP contribution < -0.4 is 24.8 Å². The Balaban J connectivity index is 1.79. The lowest BCUT2D eigenvalue weighted by atomic mass is 10.2. The van der Waals surface area contributed by atoms with Crippen LogP contribution in [0.2, 0.25) is 5.02 Å². The van der Waals surface area contributed by atoms with Gasteiger partial charge in [-0.2, -0.15) is 0 Å². The number of rotatable bonds is 7. The molecule has 0 aliphatic heterocycles. The molecule has 140 valence electrons. The molecule has 1 heterocycles. The molecule has 0 fully saturated rings. The minimum absolute atomic E-state index is 0.512. The number of benzene rings is 2. The van der Waals surface area contributed by atoms with E-state index in [0.717, 1.165) is 11.4 Å². The molecule has 0 bridgehead atoms. The Morgan fingerprint density at radius 1 is 0.778 bits per heavy atom. The van der Waals surface area contributed by atoms with Crippen molar-refractivity contribution in [2.45, 2.75) is 0 Å². The molecular formula is C19H19ClN4O3. The van der Waals surface area contributed by atoms with Crippen LogP contribution in [0.25, 0.3) is 0 Å². The van der Waals surface area contributed by atoms with E-state index in [2.05, 4.69) is 20.6 Å². The Kier molecular flexibility index (Phi) is 5.83. The quantitative estimate of drug-likeness (QED) is 0.612. The smallest absolute Gasteiger partial charge is 0.146 e. The van der Waals surface area contributed by atoms with E-state index in [1.54, 1.807) is 45.6 Å². The van der Waals surface area contributed by atoms with Gasteiger partial charge in [-0.05, 0) is 30.3 Å². The highest BCUT2D eigenvalue weighted by atomic mass is 35.5. The first-order valence-electron chi connectivity index (χ1n) is 8.04. The second kappa shape index (κ2) is 8.46. The lowest BCUT2D eigenvalue weighted by Crippen LogP contribution is -2.00. The van der Waals surface area contributed by atoms with Crippen LogP contribution in [-0.4, -0.2) is 31.3 Å². The molecule has 0 radical (unpaired) electrons. The predicted molar refractivity (Wildman–Crippen MR) is 106 cm³/mol. The molecule has 8 heteroatoms. The van der Waals surface area contributed by atoms with Gasteiger partial charge in [0, 0.05) is 17.8 Å². The fourth-order valence-corrected chi connectivity index (χ4v) is 2.68. The average Bonchev–Trinajstić information content (AvgIpc) is 2.69. The zero-order chi connectivity index (χ0) is 19.2. The number of halogens is 1. The number of methoxy groups -OCH3 is 3. The summed E-state index contributed by atoms with van der Waals surface area (Å²) in [5.74, 6) is 3.18. The topological polar surface area (TPSA) is 77.5 Å². The minimum Gasteiger partial charge on any atom is -0.497 e. The summed E-state index contributed by atoms with van der Waals surface area (Å²) in [6.07, 6.45) is 1.46. The molecule has 0 aliphatic rings. The molecule has 3 rings (SSSR count). The Morgan fingerprint density at radius 2 is 1.52 bits per heavy atom. The van der Waals surface area contributed by atoms with Crippen molar-refractivity contribution in [2.75, 3.05) is 32.0 Å². The summed E-state index contributed by atoms with van der Waals surface area (Å²) in [6.45, 7) is 0. The van der Waals surface area contributed by atoms with Gasteiger partial charge in [0.25, 0.3) is 0 Å². The van der Waals surface area contributed by atoms with Crippen molar-refractivity contribution in [3.63, 3.8) is 0 Å². The van der Waals surface area contributed by atoms with Crippen LogP contribution in [0.15, 0.2) is 48.8 Å². The van der Waals surface area contributed by atoms with Crippen molar-refractivity contribution in [3.05, 3.63) is 53.8 Å². The summed E-state index contributed by atoms with van der Waals surface area (Å²) in [7, 11) is 4.78. The Hall–Kier alpha value is -3.19. The second-order valence-electron chi connectivity index (χ2n) is 5.45. The number of nitrogens with zero attached hydrogens (tertiary/aromatic N) is 2. The van der Waals surface area contributed by atoms with Crippen molar-refractivity contribution >= 4 is 34.6 Å². The SMILES string of the molecule is COc1ccc(Nc2cc(Nc3ccc(OC)c(Cl)c3)ncn2)c(OC)c1. The minimum atomic E-state index is 0.512. The van der Waals surface area contributed by atoms with Crippen LogP contribution in [0.3, 0.4) is 0 Å². The number of aromatic nitrogens is 2. The third kappa shape index (κ3) is 4.51. The summed E-state index contributed by atoms with van der Waals surface area (Å²) < 4.78 is 15.8. The summed E-state index contributed by atoms with van der Waals surface area (Å²) in [5.41, 5.74) is 1.54. The highest BCUT2D eigenvalue weighted by Crippen LogP contribution is 2.32. The van der Waals surface area contributed by atoms with Crippen molar-refractivity contribution < 1.29 is 14.2 Å². The van der Waals surface area contributed by atoms with Gasteiger partial charge >= 0.3 is 0 Å². The normalized spacial score (nSPS) is 10.2. The summed E-state index contributed by atoms with van der Waals surface area (Å²) in [6, 6.07) is 12.7. The zero-order valence-electron chi connectivity index (χ0n) is 15.1. The molecule has 1 aromatic heterocycles. The van der Waals surface area contributed by atoms with Crippen LogP contribution in [0, 0.1) is 0 Å². The molecule has 2 N–H and O–H groups in total. The van der Waals surface area contributed by atoms with E-state index in [4.69, 9.17) is 25.8 Å². The maximum absolute atomic E-state index is 6.16. The van der Waals surface area contributed by atoms with E-state index in [-0.39, 0.29) is 0 Å². The van der Waals surface area contributed by atoms with E-state index in [9.17, 15) is 0 Å². The Labute approximate surface area is 162 Å². The maximum Gasteiger partial charge on any atom is 0.146 e. The monoisotopic (exact) mass is 386 g/mol. The third-order valence-corrected chi connectivity index (χ3v) is 4.06. The van der Waals surface area contributed by atoms with Crippen LogP contribution in [0.5, 0.6) is 17.2 Å². The van der Waals surface area contributed by atoms with Crippen molar-refractivity contribution in [3.8, 4) is 17.2 Å². The Morgan fingerprint density at radius 3 is 2.19 bits per heavy atom. The molecule has 0 unspecified atom stereocenters. The van der Waals surface area contributed by atoms with Gasteiger partial charge in [0.15, 0.2) is 0 Å². The van der Waals surface area contributed by atoms with Crippen molar-refractivity contribution in [2.24, 2.45) is 0 Å². The van der Waals surface area contributed by atoms with Gasteiger partial charge in [0.2, 0.25) is 0 Å². The first-order chi connectivity index (χ1) is 13.1. The molecule has 7 nitrogen and oxygen atoms in total. The molecule has 0 saturated carbocycles. The number of anilines is 4. The van der Waals surface area contributed by atoms with E-state index in [1.165, 1.54) is 6.33 Å². The lowest BCUT2D eigenvalue weighted by Gasteiger charge is -2.13. The Bertz CT molecular complexity index is 937. The van der Waals surface area contributed by atoms with Crippen LogP contribution in [0.4, 0.5) is 23.0 Å². The molecular weight excluding hydrogens is 368 g/mol. The first kappa shape index (κ1) is 18.6. The third-order valence-electron chi connectivity index (χ3n) is 3.76. The van der Waals surface area contributed by atoms with Crippen molar-refractivity contribution in [1.82, 2.24) is 9.97 Å². The highest BCUT2D eigenvalue weighted by molar-refractivity contribution is 6.32. The van der Waals surface area contributed by atoms with E-state index < -0.39 is 0 Å². The highest BCUT2D eigenvalue weighted by Gasteiger charge is 2.08. The molecule has 0 atom stereocenters. The van der Waals surface area contributed by atoms with Gasteiger partial charge in [-0.25, -0.2) is 9.97 Å². The van der Waals surface area contributed by atoms with Gasteiger partial charge in [-0.1, -0.05) is 11.6 Å². The predicted octanol–water partition coefficient (Wildman–Crippen LogP) is 4.64. The van der Waals surface area contributed by atoms with Gasteiger partial charge < -0.3 is 24.8 Å². The molecule has 0 amide bonds. The zero-order valence-corrected chi connectivity index (χ0v) is 15.9. The van der Waals surface area contributed by atoms with E-state index in [0.29, 0.717) is 33.9 Å².